The summed E-state index contributed by atoms with van der Waals surface area (Å²) in [5.41, 5.74) is 8.74. The van der Waals surface area contributed by atoms with E-state index in [2.05, 4.69) is 128 Å². The molecule has 1 atom stereocenters. The zero-order valence-electron chi connectivity index (χ0n) is 51.0. The first kappa shape index (κ1) is 60.7. The quantitative estimate of drug-likeness (QED) is 0.0479. The fourth-order valence-electron chi connectivity index (χ4n) is 11.8. The van der Waals surface area contributed by atoms with Crippen LogP contribution in [0.4, 0.5) is 34.1 Å². The van der Waals surface area contributed by atoms with E-state index in [0.717, 1.165) is 110 Å². The van der Waals surface area contributed by atoms with E-state index in [1.165, 1.54) is 0 Å². The highest BCUT2D eigenvalue weighted by molar-refractivity contribution is 5.97. The van der Waals surface area contributed by atoms with Crippen LogP contribution in [-0.4, -0.2) is 81.0 Å². The van der Waals surface area contributed by atoms with E-state index in [1.807, 2.05) is 93.6 Å². The van der Waals surface area contributed by atoms with E-state index < -0.39 is 17.2 Å². The van der Waals surface area contributed by atoms with Gasteiger partial charge >= 0.3 is 11.9 Å². The van der Waals surface area contributed by atoms with Crippen molar-refractivity contribution in [3.8, 4) is 17.2 Å². The van der Waals surface area contributed by atoms with Gasteiger partial charge < -0.3 is 43.3 Å². The molecule has 13 nitrogen and oxygen atoms in total. The Morgan fingerprint density at radius 3 is 1.22 bits per heavy atom. The lowest BCUT2D eigenvalue weighted by Gasteiger charge is -2.34. The summed E-state index contributed by atoms with van der Waals surface area (Å²) in [7, 11) is 0. The second-order valence-corrected chi connectivity index (χ2v) is 20.9. The van der Waals surface area contributed by atoms with Crippen LogP contribution < -0.4 is 33.8 Å². The minimum atomic E-state index is -1.41. The van der Waals surface area contributed by atoms with Crippen molar-refractivity contribution < 1.29 is 33.3 Å². The number of unbranched alkanes of at least 4 members (excludes halogenated alkanes) is 2. The largest absolute Gasteiger partial charge is 0.493 e. The molecule has 85 heavy (non-hydrogen) atoms. The second kappa shape index (κ2) is 28.2. The summed E-state index contributed by atoms with van der Waals surface area (Å²) in [5.74, 6) is 1.11. The van der Waals surface area contributed by atoms with Gasteiger partial charge in [-0.05, 0) is 158 Å². The van der Waals surface area contributed by atoms with Gasteiger partial charge in [-0.3, -0.25) is 9.97 Å². The minimum absolute atomic E-state index is 0.370. The van der Waals surface area contributed by atoms with E-state index in [-0.39, 0.29) is 5.97 Å². The number of ether oxygens (including phenoxy) is 5. The van der Waals surface area contributed by atoms with E-state index >= 15 is 0 Å². The van der Waals surface area contributed by atoms with Crippen LogP contribution in [0.3, 0.4) is 0 Å². The number of hydrogen-bond acceptors (Lipinski definition) is 13. The molecule has 0 spiro atoms. The normalized spacial score (nSPS) is 14.5. The lowest BCUT2D eigenvalue weighted by atomic mass is 9.81. The molecule has 0 aliphatic carbocycles. The van der Waals surface area contributed by atoms with Crippen LogP contribution in [-0.2, 0) is 20.7 Å². The van der Waals surface area contributed by atoms with Crippen LogP contribution >= 0.6 is 0 Å². The molecule has 442 valence electrons. The zero-order valence-corrected chi connectivity index (χ0v) is 51.0. The summed E-state index contributed by atoms with van der Waals surface area (Å²) in [5, 5.41) is 0. The highest BCUT2D eigenvalue weighted by atomic mass is 16.6. The van der Waals surface area contributed by atoms with Crippen molar-refractivity contribution in [3.05, 3.63) is 221 Å². The van der Waals surface area contributed by atoms with E-state index in [1.54, 1.807) is 36.7 Å². The molecule has 4 heterocycles. The van der Waals surface area contributed by atoms with Gasteiger partial charge in [-0.15, -0.1) is 0 Å². The SMILES string of the molecule is CCCCN(CCCC)c1ccc(C2(c3ccc(N(CC)CC)cc3)OC(=O)c3cccnc32)c(OCC)c1.CCOc1cc(N(CC)c2ccccc2)ccc1C1(c2ccc(N(CC)c3ccccc3)cc2OCC)OC(=O)c2cccnc21. The summed E-state index contributed by atoms with van der Waals surface area (Å²) < 4.78 is 31.9. The molecule has 6 aromatic carbocycles. The molecule has 0 bridgehead atoms. The third-order valence-corrected chi connectivity index (χ3v) is 15.9. The Labute approximate surface area is 503 Å². The van der Waals surface area contributed by atoms with Crippen molar-refractivity contribution in [2.75, 3.05) is 78.7 Å². The maximum absolute atomic E-state index is 13.6. The van der Waals surface area contributed by atoms with Gasteiger partial charge in [-0.25, -0.2) is 9.59 Å². The maximum atomic E-state index is 13.6. The van der Waals surface area contributed by atoms with Crippen LogP contribution in [0.15, 0.2) is 176 Å². The fraction of sp³-hybridized carbons (Fsp3) is 0.333. The minimum Gasteiger partial charge on any atom is -0.493 e. The number of nitrogens with zero attached hydrogens (tertiary/aromatic N) is 6. The van der Waals surface area contributed by atoms with Gasteiger partial charge in [0.25, 0.3) is 0 Å². The molecule has 0 saturated carbocycles. The van der Waals surface area contributed by atoms with E-state index in [4.69, 9.17) is 33.7 Å². The number of hydrogen-bond donors (Lipinski definition) is 0. The number of pyridine rings is 2. The first-order chi connectivity index (χ1) is 41.6. The number of para-hydroxylation sites is 2. The molecule has 2 aliphatic heterocycles. The number of esters is 2. The molecule has 2 aromatic heterocycles. The fourth-order valence-corrected chi connectivity index (χ4v) is 11.8. The van der Waals surface area contributed by atoms with Gasteiger partial charge in [-0.1, -0.05) is 75.2 Å². The van der Waals surface area contributed by atoms with Crippen molar-refractivity contribution in [1.82, 2.24) is 9.97 Å². The number of carbonyl (C=O) groups is 2. The van der Waals surface area contributed by atoms with Crippen LogP contribution in [0, 0.1) is 0 Å². The standard InChI is InChI=1S/C39H39N3O4.C33H43N3O3/c1-5-41(28-16-11-9-12-17-28)30-21-23-33(35(26-30)44-7-3)39(37-32(38(43)46-39)20-15-25-40-37)34-24-22-31(27-36(34)45-8-4)42(6-2)29-18-13-10-14-19-29;1-6-11-22-36(23-12-7-2)27-19-20-29(30(24-27)38-10-5)33(31-28(32(37)39-33)14-13-21-34-31)25-15-17-26(18-16-25)35(8-3)9-4/h9-27H,5-8H2,1-4H3;13-21,24H,6-12,22-23H2,1-5H3. The Kier molecular flexibility index (Phi) is 20.1. The monoisotopic (exact) mass is 1140 g/mol. The molecule has 0 fully saturated rings. The molecular formula is C72H82N6O7. The molecule has 0 amide bonds. The summed E-state index contributed by atoms with van der Waals surface area (Å²) in [6.07, 6.45) is 7.97. The van der Waals surface area contributed by atoms with Crippen LogP contribution in [0.25, 0.3) is 0 Å². The van der Waals surface area contributed by atoms with Crippen molar-refractivity contribution in [2.45, 2.75) is 99.2 Å². The third kappa shape index (κ3) is 12.3. The number of cyclic esters (lactones) is 2. The third-order valence-electron chi connectivity index (χ3n) is 15.9. The number of benzene rings is 6. The van der Waals surface area contributed by atoms with Gasteiger partial charge in [-0.2, -0.15) is 0 Å². The zero-order chi connectivity index (χ0) is 59.9. The number of aromatic nitrogens is 2. The molecule has 2 aliphatic rings. The van der Waals surface area contributed by atoms with Gasteiger partial charge in [0.15, 0.2) is 0 Å². The molecule has 0 N–H and O–H groups in total. The average molecular weight is 1140 g/mol. The first-order valence-electron chi connectivity index (χ1n) is 30.5. The maximum Gasteiger partial charge on any atom is 0.341 e. The lowest BCUT2D eigenvalue weighted by Crippen LogP contribution is -2.32. The lowest BCUT2D eigenvalue weighted by molar-refractivity contribution is 0.0221. The number of carbonyl (C=O) groups excluding carboxylic acids is 2. The van der Waals surface area contributed by atoms with Crippen molar-refractivity contribution in [1.29, 1.82) is 0 Å². The second-order valence-electron chi connectivity index (χ2n) is 20.9. The van der Waals surface area contributed by atoms with Crippen LogP contribution in [0.1, 0.15) is 142 Å². The molecule has 13 heteroatoms. The number of fused-ring (bicyclic) bond motifs is 2. The molecule has 0 saturated heterocycles. The predicted molar refractivity (Wildman–Crippen MR) is 342 cm³/mol. The average Bonchev–Trinajstić information content (AvgIpc) is 2.01. The summed E-state index contributed by atoms with van der Waals surface area (Å²) in [6, 6.07) is 54.4. The van der Waals surface area contributed by atoms with E-state index in [9.17, 15) is 9.59 Å². The van der Waals surface area contributed by atoms with Crippen LogP contribution in [0.5, 0.6) is 17.2 Å². The van der Waals surface area contributed by atoms with Crippen molar-refractivity contribution in [2.24, 2.45) is 0 Å². The number of rotatable bonds is 26. The van der Waals surface area contributed by atoms with Gasteiger partial charge in [0.05, 0.1) is 30.9 Å². The van der Waals surface area contributed by atoms with Gasteiger partial charge in [0, 0.05) is 126 Å². The van der Waals surface area contributed by atoms with Crippen LogP contribution in [0.2, 0.25) is 0 Å². The first-order valence-corrected chi connectivity index (χ1v) is 30.5. The van der Waals surface area contributed by atoms with E-state index in [0.29, 0.717) is 70.7 Å². The highest BCUT2D eigenvalue weighted by Gasteiger charge is 2.54. The Morgan fingerprint density at radius 2 is 0.800 bits per heavy atom. The molecular weight excluding hydrogens is 1060 g/mol. The molecule has 10 rings (SSSR count). The molecule has 1 unspecified atom stereocenters. The summed E-state index contributed by atoms with van der Waals surface area (Å²) in [6.45, 7) is 25.6. The Bertz CT molecular complexity index is 3390. The summed E-state index contributed by atoms with van der Waals surface area (Å²) >= 11 is 0. The highest BCUT2D eigenvalue weighted by Crippen LogP contribution is 2.54. The topological polar surface area (TPSA) is 119 Å². The van der Waals surface area contributed by atoms with Gasteiger partial charge in [0.2, 0.25) is 11.2 Å². The molecule has 8 aromatic rings. The predicted octanol–water partition coefficient (Wildman–Crippen LogP) is 15.9. The van der Waals surface area contributed by atoms with Gasteiger partial charge in [0.1, 0.15) is 28.6 Å². The Morgan fingerprint density at radius 1 is 0.400 bits per heavy atom. The summed E-state index contributed by atoms with van der Waals surface area (Å²) in [4.78, 5) is 45.6. The number of anilines is 6. The van der Waals surface area contributed by atoms with Crippen molar-refractivity contribution >= 4 is 46.1 Å². The molecule has 0 radical (unpaired) electrons. The Balaban J connectivity index is 0.000000207. The Hall–Kier alpha value is -8.84. The smallest absolute Gasteiger partial charge is 0.341 e. The van der Waals surface area contributed by atoms with Crippen molar-refractivity contribution in [3.63, 3.8) is 0 Å².